The molecule has 5 saturated carbocycles. The standard InChI is InChI=1S/C26H42Br2/c27-19-9-5-7-17(15-19)25-21-11-1-2-12-22(21)26(18-8-6-10-20(28)16-18)24-14-4-3-13-23(24)25/h17-26H,1-16H2. The minimum absolute atomic E-state index is 0.820. The van der Waals surface area contributed by atoms with Gasteiger partial charge in [-0.2, -0.15) is 0 Å². The molecule has 0 aromatic carbocycles. The second-order valence-electron chi connectivity index (χ2n) is 11.4. The van der Waals surface area contributed by atoms with E-state index < -0.39 is 0 Å². The van der Waals surface area contributed by atoms with E-state index in [1.807, 2.05) is 0 Å². The Morgan fingerprint density at radius 2 is 0.750 bits per heavy atom. The fraction of sp³-hybridized carbons (Fsp3) is 1.00. The molecule has 0 spiro atoms. The van der Waals surface area contributed by atoms with Crippen molar-refractivity contribution in [2.45, 2.75) is 112 Å². The molecule has 8 unspecified atom stereocenters. The first-order valence-electron chi connectivity index (χ1n) is 13.0. The van der Waals surface area contributed by atoms with E-state index >= 15 is 0 Å². The predicted octanol–water partition coefficient (Wildman–Crippen LogP) is 8.75. The van der Waals surface area contributed by atoms with Crippen molar-refractivity contribution in [3.63, 3.8) is 0 Å². The van der Waals surface area contributed by atoms with Crippen molar-refractivity contribution in [2.24, 2.45) is 47.3 Å². The Hall–Kier alpha value is 0.960. The van der Waals surface area contributed by atoms with E-state index in [1.165, 1.54) is 64.2 Å². The molecule has 0 aromatic heterocycles. The lowest BCUT2D eigenvalue weighted by Crippen LogP contribution is -2.53. The fourth-order valence-corrected chi connectivity index (χ4v) is 11.0. The summed E-state index contributed by atoms with van der Waals surface area (Å²) < 4.78 is 0. The summed E-state index contributed by atoms with van der Waals surface area (Å²) >= 11 is 8.09. The van der Waals surface area contributed by atoms with Crippen molar-refractivity contribution in [3.8, 4) is 0 Å². The lowest BCUT2D eigenvalue weighted by Gasteiger charge is -2.60. The highest BCUT2D eigenvalue weighted by atomic mass is 79.9. The molecule has 0 bridgehead atoms. The highest BCUT2D eigenvalue weighted by molar-refractivity contribution is 9.09. The molecule has 0 N–H and O–H groups in total. The largest absolute Gasteiger partial charge is 0.0891 e. The van der Waals surface area contributed by atoms with Gasteiger partial charge < -0.3 is 0 Å². The number of hydrogen-bond donors (Lipinski definition) is 0. The van der Waals surface area contributed by atoms with E-state index in [0.717, 1.165) is 57.0 Å². The molecule has 160 valence electrons. The highest BCUT2D eigenvalue weighted by Crippen LogP contribution is 2.62. The Morgan fingerprint density at radius 1 is 0.393 bits per heavy atom. The molecule has 0 nitrogen and oxygen atoms in total. The van der Waals surface area contributed by atoms with Gasteiger partial charge in [-0.3, -0.25) is 0 Å². The van der Waals surface area contributed by atoms with Crippen LogP contribution in [0.5, 0.6) is 0 Å². The van der Waals surface area contributed by atoms with Gasteiger partial charge in [0.05, 0.1) is 0 Å². The lowest BCUT2D eigenvalue weighted by atomic mass is 9.45. The summed E-state index contributed by atoms with van der Waals surface area (Å²) in [4.78, 5) is 1.64. The number of halogens is 2. The van der Waals surface area contributed by atoms with Crippen molar-refractivity contribution in [1.29, 1.82) is 0 Å². The van der Waals surface area contributed by atoms with Gasteiger partial charge in [-0.25, -0.2) is 0 Å². The maximum atomic E-state index is 4.05. The van der Waals surface area contributed by atoms with Crippen LogP contribution in [-0.2, 0) is 0 Å². The van der Waals surface area contributed by atoms with Gasteiger partial charge in [0, 0.05) is 9.65 Å². The summed E-state index contributed by atoms with van der Waals surface area (Å²) in [5.74, 6) is 8.66. The third-order valence-electron chi connectivity index (χ3n) is 10.1. The number of alkyl halides is 2. The Balaban J connectivity index is 1.46. The van der Waals surface area contributed by atoms with Crippen LogP contribution >= 0.6 is 31.9 Å². The normalized spacial score (nSPS) is 52.5. The van der Waals surface area contributed by atoms with E-state index in [4.69, 9.17) is 0 Å². The highest BCUT2D eigenvalue weighted by Gasteiger charge is 2.54. The van der Waals surface area contributed by atoms with Gasteiger partial charge in [-0.1, -0.05) is 83.2 Å². The molecule has 5 fully saturated rings. The van der Waals surface area contributed by atoms with Crippen LogP contribution in [0.15, 0.2) is 0 Å². The summed E-state index contributed by atoms with van der Waals surface area (Å²) in [5, 5.41) is 0. The zero-order chi connectivity index (χ0) is 19.1. The average molecular weight is 514 g/mol. The maximum absolute atomic E-state index is 4.05. The van der Waals surface area contributed by atoms with Crippen molar-refractivity contribution < 1.29 is 0 Å². The van der Waals surface area contributed by atoms with Crippen molar-refractivity contribution in [2.75, 3.05) is 0 Å². The molecule has 0 aromatic rings. The number of hydrogen-bond acceptors (Lipinski definition) is 0. The van der Waals surface area contributed by atoms with Crippen molar-refractivity contribution in [3.05, 3.63) is 0 Å². The van der Waals surface area contributed by atoms with Crippen LogP contribution < -0.4 is 0 Å². The third kappa shape index (κ3) is 4.05. The monoisotopic (exact) mass is 512 g/mol. The Morgan fingerprint density at radius 3 is 1.07 bits per heavy atom. The molecule has 8 atom stereocenters. The van der Waals surface area contributed by atoms with E-state index in [2.05, 4.69) is 31.9 Å². The fourth-order valence-electron chi connectivity index (χ4n) is 9.35. The van der Waals surface area contributed by atoms with Gasteiger partial charge in [0.1, 0.15) is 0 Å². The minimum atomic E-state index is 0.820. The lowest BCUT2D eigenvalue weighted by molar-refractivity contribution is -0.111. The molecule has 2 heteroatoms. The maximum Gasteiger partial charge on any atom is 0.0148 e. The van der Waals surface area contributed by atoms with Crippen LogP contribution in [0.2, 0.25) is 0 Å². The first kappa shape index (κ1) is 20.8. The van der Waals surface area contributed by atoms with Crippen LogP contribution in [0.4, 0.5) is 0 Å². The molecule has 5 aliphatic carbocycles. The van der Waals surface area contributed by atoms with E-state index in [-0.39, 0.29) is 0 Å². The zero-order valence-corrected chi connectivity index (χ0v) is 21.0. The van der Waals surface area contributed by atoms with Gasteiger partial charge in [-0.05, 0) is 98.7 Å². The van der Waals surface area contributed by atoms with Gasteiger partial charge in [0.2, 0.25) is 0 Å². The molecular weight excluding hydrogens is 472 g/mol. The predicted molar refractivity (Wildman–Crippen MR) is 127 cm³/mol. The summed E-state index contributed by atoms with van der Waals surface area (Å²) in [6.07, 6.45) is 24.4. The molecule has 5 aliphatic rings. The molecule has 0 saturated heterocycles. The van der Waals surface area contributed by atoms with Crippen molar-refractivity contribution in [1.82, 2.24) is 0 Å². The molecule has 28 heavy (non-hydrogen) atoms. The average Bonchev–Trinajstić information content (AvgIpc) is 2.72. The van der Waals surface area contributed by atoms with E-state index in [0.29, 0.717) is 0 Å². The topological polar surface area (TPSA) is 0 Å². The van der Waals surface area contributed by atoms with Crippen LogP contribution in [0, 0.1) is 47.3 Å². The van der Waals surface area contributed by atoms with Gasteiger partial charge in [0.25, 0.3) is 0 Å². The minimum Gasteiger partial charge on any atom is -0.0891 e. The molecule has 0 amide bonds. The Labute approximate surface area is 191 Å². The summed E-state index contributed by atoms with van der Waals surface area (Å²) in [5.41, 5.74) is 0. The molecule has 0 radical (unpaired) electrons. The van der Waals surface area contributed by atoms with Crippen LogP contribution in [-0.4, -0.2) is 9.65 Å². The zero-order valence-electron chi connectivity index (χ0n) is 17.8. The smallest absolute Gasteiger partial charge is 0.0148 e. The van der Waals surface area contributed by atoms with Gasteiger partial charge in [-0.15, -0.1) is 0 Å². The van der Waals surface area contributed by atoms with E-state index in [1.54, 1.807) is 38.5 Å². The second kappa shape index (κ2) is 9.22. The van der Waals surface area contributed by atoms with Gasteiger partial charge >= 0.3 is 0 Å². The van der Waals surface area contributed by atoms with Crippen LogP contribution in [0.25, 0.3) is 0 Å². The quantitative estimate of drug-likeness (QED) is 0.323. The summed E-state index contributed by atoms with van der Waals surface area (Å²) in [7, 11) is 0. The molecular formula is C26H42Br2. The Bertz CT molecular complexity index is 449. The Kier molecular flexibility index (Phi) is 6.86. The summed E-state index contributed by atoms with van der Waals surface area (Å²) in [6.45, 7) is 0. The number of rotatable bonds is 2. The van der Waals surface area contributed by atoms with Crippen LogP contribution in [0.3, 0.4) is 0 Å². The van der Waals surface area contributed by atoms with Crippen molar-refractivity contribution >= 4 is 31.9 Å². The van der Waals surface area contributed by atoms with Gasteiger partial charge in [0.15, 0.2) is 0 Å². The summed E-state index contributed by atoms with van der Waals surface area (Å²) in [6, 6.07) is 0. The second-order valence-corrected chi connectivity index (χ2v) is 14.0. The SMILES string of the molecule is BrC1CCCC(C2C3CCCCC3C(C3CCCC(Br)C3)C3CCCCC32)C1. The van der Waals surface area contributed by atoms with Crippen LogP contribution in [0.1, 0.15) is 103 Å². The molecule has 0 aliphatic heterocycles. The number of fused-ring (bicyclic) bond motifs is 2. The first-order chi connectivity index (χ1) is 13.7. The first-order valence-corrected chi connectivity index (χ1v) is 14.8. The molecule has 0 heterocycles. The van der Waals surface area contributed by atoms with E-state index in [9.17, 15) is 0 Å². The molecule has 5 rings (SSSR count). The third-order valence-corrected chi connectivity index (χ3v) is 11.8.